The molecule has 0 N–H and O–H groups in total. The van der Waals surface area contributed by atoms with Gasteiger partial charge in [-0.15, -0.1) is 0 Å². The van der Waals surface area contributed by atoms with Gasteiger partial charge in [0.25, 0.3) is 11.2 Å². The molecule has 4 aromatic rings. The Labute approximate surface area is 157 Å². The summed E-state index contributed by atoms with van der Waals surface area (Å²) in [6.45, 7) is 1.63. The van der Waals surface area contributed by atoms with Crippen LogP contribution in [0.2, 0.25) is 0 Å². The lowest BCUT2D eigenvalue weighted by Crippen LogP contribution is -2.23. The molecule has 0 amide bonds. The van der Waals surface area contributed by atoms with Crippen molar-refractivity contribution in [3.63, 3.8) is 0 Å². The molecule has 8 heteroatoms. The van der Waals surface area contributed by atoms with Crippen LogP contribution in [-0.4, -0.2) is 14.1 Å². The van der Waals surface area contributed by atoms with Crippen LogP contribution < -0.4 is 5.56 Å². The van der Waals surface area contributed by atoms with E-state index >= 15 is 0 Å². The highest BCUT2D eigenvalue weighted by molar-refractivity contribution is 6.08. The number of aryl methyl sites for hydroxylation is 1. The SMILES string of the molecule is Cc1c(C#N)c(=O)n(-c2ccc([N+](=O)[O-])cc2)c2c3ccccc3n(C#N)c12. The summed E-state index contributed by atoms with van der Waals surface area (Å²) in [6, 6.07) is 14.5. The predicted molar refractivity (Wildman–Crippen MR) is 102 cm³/mol. The van der Waals surface area contributed by atoms with E-state index in [1.165, 1.54) is 33.4 Å². The number of aromatic nitrogens is 2. The Morgan fingerprint density at radius 1 is 1.04 bits per heavy atom. The van der Waals surface area contributed by atoms with E-state index in [4.69, 9.17) is 0 Å². The van der Waals surface area contributed by atoms with Crippen molar-refractivity contribution in [2.45, 2.75) is 6.92 Å². The predicted octanol–water partition coefficient (Wildman–Crippen LogP) is 3.36. The van der Waals surface area contributed by atoms with Crippen LogP contribution in [-0.2, 0) is 0 Å². The molecule has 0 fully saturated rings. The Balaban J connectivity index is 2.26. The number of nitriles is 2. The van der Waals surface area contributed by atoms with E-state index in [1.54, 1.807) is 31.2 Å². The molecule has 4 rings (SSSR count). The van der Waals surface area contributed by atoms with Gasteiger partial charge in [-0.3, -0.25) is 19.5 Å². The summed E-state index contributed by atoms with van der Waals surface area (Å²) in [5.74, 6) is 0. The maximum absolute atomic E-state index is 13.1. The quantitative estimate of drug-likeness (QED) is 0.396. The highest BCUT2D eigenvalue weighted by Crippen LogP contribution is 2.32. The molecular weight excluding hydrogens is 358 g/mol. The zero-order valence-electron chi connectivity index (χ0n) is 14.6. The van der Waals surface area contributed by atoms with E-state index in [1.807, 2.05) is 6.07 Å². The lowest BCUT2D eigenvalue weighted by atomic mass is 10.1. The lowest BCUT2D eigenvalue weighted by Gasteiger charge is -2.11. The number of pyridine rings is 1. The average Bonchev–Trinajstić information content (AvgIpc) is 3.03. The number of fused-ring (bicyclic) bond motifs is 3. The summed E-state index contributed by atoms with van der Waals surface area (Å²) < 4.78 is 2.73. The van der Waals surface area contributed by atoms with Crippen molar-refractivity contribution in [2.24, 2.45) is 0 Å². The Morgan fingerprint density at radius 2 is 1.71 bits per heavy atom. The van der Waals surface area contributed by atoms with Crippen molar-refractivity contribution < 1.29 is 4.92 Å². The number of benzene rings is 2. The maximum atomic E-state index is 13.1. The third kappa shape index (κ3) is 2.19. The number of nitro benzene ring substituents is 1. The number of para-hydroxylation sites is 1. The molecule has 0 radical (unpaired) electrons. The van der Waals surface area contributed by atoms with Crippen LogP contribution in [0.4, 0.5) is 5.69 Å². The molecule has 0 aliphatic carbocycles. The van der Waals surface area contributed by atoms with E-state index < -0.39 is 10.5 Å². The summed E-state index contributed by atoms with van der Waals surface area (Å²) in [5, 5.41) is 30.9. The molecule has 0 aliphatic rings. The largest absolute Gasteiger partial charge is 0.274 e. The van der Waals surface area contributed by atoms with Gasteiger partial charge in [0.1, 0.15) is 11.6 Å². The maximum Gasteiger partial charge on any atom is 0.273 e. The number of nitro groups is 1. The minimum atomic E-state index is -0.540. The summed E-state index contributed by atoms with van der Waals surface area (Å²) in [5.41, 5.74) is 1.60. The van der Waals surface area contributed by atoms with Gasteiger partial charge in [-0.05, 0) is 30.7 Å². The van der Waals surface area contributed by atoms with E-state index in [0.29, 0.717) is 33.2 Å². The Bertz CT molecular complexity index is 1430. The van der Waals surface area contributed by atoms with Crippen LogP contribution in [0, 0.1) is 39.8 Å². The van der Waals surface area contributed by atoms with Crippen LogP contribution in [0.5, 0.6) is 0 Å². The Morgan fingerprint density at radius 3 is 2.32 bits per heavy atom. The number of non-ortho nitro benzene ring substituents is 1. The second-order valence-electron chi connectivity index (χ2n) is 6.18. The topological polar surface area (TPSA) is 118 Å². The summed E-state index contributed by atoms with van der Waals surface area (Å²) in [4.78, 5) is 23.5. The molecule has 134 valence electrons. The molecule has 2 aromatic heterocycles. The van der Waals surface area contributed by atoms with E-state index in [0.717, 1.165) is 0 Å². The van der Waals surface area contributed by atoms with Crippen molar-refractivity contribution in [1.29, 1.82) is 10.5 Å². The van der Waals surface area contributed by atoms with Gasteiger partial charge >= 0.3 is 0 Å². The normalized spacial score (nSPS) is 10.7. The molecule has 2 heterocycles. The second-order valence-corrected chi connectivity index (χ2v) is 6.18. The standard InChI is InChI=1S/C20H11N5O3/c1-12-16(10-21)20(26)24(13-6-8-14(9-7-13)25(27)28)19-15-4-2-3-5-17(15)23(11-22)18(12)19/h2-9H,1H3. The van der Waals surface area contributed by atoms with Gasteiger partial charge in [0.15, 0.2) is 6.19 Å². The third-order valence-corrected chi connectivity index (χ3v) is 4.75. The van der Waals surface area contributed by atoms with Crippen LogP contribution in [0.1, 0.15) is 11.1 Å². The Kier molecular flexibility index (Phi) is 3.69. The van der Waals surface area contributed by atoms with Gasteiger partial charge in [-0.1, -0.05) is 18.2 Å². The van der Waals surface area contributed by atoms with Crippen LogP contribution in [0.25, 0.3) is 27.6 Å². The molecule has 2 aromatic carbocycles. The fourth-order valence-corrected chi connectivity index (χ4v) is 3.49. The molecule has 28 heavy (non-hydrogen) atoms. The van der Waals surface area contributed by atoms with Crippen molar-refractivity contribution in [3.8, 4) is 17.9 Å². The van der Waals surface area contributed by atoms with Gasteiger partial charge < -0.3 is 0 Å². The first-order valence-electron chi connectivity index (χ1n) is 8.23. The van der Waals surface area contributed by atoms with Gasteiger partial charge in [0.05, 0.1) is 21.5 Å². The molecule has 8 nitrogen and oxygen atoms in total. The number of hydrogen-bond donors (Lipinski definition) is 0. The molecule has 0 saturated carbocycles. The molecule has 0 bridgehead atoms. The molecule has 0 atom stereocenters. The van der Waals surface area contributed by atoms with Crippen molar-refractivity contribution in [2.75, 3.05) is 0 Å². The van der Waals surface area contributed by atoms with E-state index in [9.17, 15) is 25.4 Å². The van der Waals surface area contributed by atoms with Gasteiger partial charge in [0.2, 0.25) is 0 Å². The second kappa shape index (κ2) is 6.08. The van der Waals surface area contributed by atoms with Gasteiger partial charge in [-0.2, -0.15) is 10.5 Å². The first-order valence-corrected chi connectivity index (χ1v) is 8.23. The zero-order chi connectivity index (χ0) is 20.0. The van der Waals surface area contributed by atoms with Crippen LogP contribution >= 0.6 is 0 Å². The van der Waals surface area contributed by atoms with Gasteiger partial charge in [0, 0.05) is 23.2 Å². The third-order valence-electron chi connectivity index (χ3n) is 4.75. The number of nitrogens with zero attached hydrogens (tertiary/aromatic N) is 5. The molecule has 0 aliphatic heterocycles. The summed E-state index contributed by atoms with van der Waals surface area (Å²) in [7, 11) is 0. The molecule has 0 saturated heterocycles. The van der Waals surface area contributed by atoms with E-state index in [2.05, 4.69) is 6.19 Å². The summed E-state index contributed by atoms with van der Waals surface area (Å²) in [6.07, 6.45) is 2.11. The lowest BCUT2D eigenvalue weighted by molar-refractivity contribution is -0.384. The number of rotatable bonds is 2. The minimum Gasteiger partial charge on any atom is -0.274 e. The smallest absolute Gasteiger partial charge is 0.273 e. The van der Waals surface area contributed by atoms with Crippen LogP contribution in [0.15, 0.2) is 53.3 Å². The minimum absolute atomic E-state index is 0.0786. The van der Waals surface area contributed by atoms with Crippen molar-refractivity contribution >= 4 is 27.6 Å². The molecule has 0 spiro atoms. The zero-order valence-corrected chi connectivity index (χ0v) is 14.6. The van der Waals surface area contributed by atoms with E-state index in [-0.39, 0.29) is 11.3 Å². The average molecular weight is 369 g/mol. The highest BCUT2D eigenvalue weighted by Gasteiger charge is 2.22. The van der Waals surface area contributed by atoms with Crippen molar-refractivity contribution in [3.05, 3.63) is 80.1 Å². The highest BCUT2D eigenvalue weighted by atomic mass is 16.6. The van der Waals surface area contributed by atoms with Crippen LogP contribution in [0.3, 0.4) is 0 Å². The first-order chi connectivity index (χ1) is 13.5. The fraction of sp³-hybridized carbons (Fsp3) is 0.0500. The summed E-state index contributed by atoms with van der Waals surface area (Å²) >= 11 is 0. The van der Waals surface area contributed by atoms with Gasteiger partial charge in [-0.25, -0.2) is 4.57 Å². The van der Waals surface area contributed by atoms with Crippen molar-refractivity contribution in [1.82, 2.24) is 9.13 Å². The monoisotopic (exact) mass is 369 g/mol. The Hall–Kier alpha value is -4.43. The number of hydrogen-bond acceptors (Lipinski definition) is 5. The fourth-order valence-electron chi connectivity index (χ4n) is 3.49. The molecular formula is C20H11N5O3. The molecule has 0 unspecified atom stereocenters. The first kappa shape index (κ1) is 17.0.